The summed E-state index contributed by atoms with van der Waals surface area (Å²) in [5.41, 5.74) is 4.78. The zero-order valence-corrected chi connectivity index (χ0v) is 20.0. The summed E-state index contributed by atoms with van der Waals surface area (Å²) in [4.78, 5) is 29.3. The van der Waals surface area contributed by atoms with E-state index in [1.807, 2.05) is 68.6 Å². The van der Waals surface area contributed by atoms with Crippen LogP contribution in [0.2, 0.25) is 0 Å². The second-order valence-corrected chi connectivity index (χ2v) is 8.03. The molecule has 0 aliphatic carbocycles. The summed E-state index contributed by atoms with van der Waals surface area (Å²) in [6.07, 6.45) is 5.89. The number of ether oxygens (including phenoxy) is 1. The van der Waals surface area contributed by atoms with E-state index in [1.165, 1.54) is 11.5 Å². The molecule has 4 rings (SSSR count). The number of benzene rings is 2. The van der Waals surface area contributed by atoms with E-state index in [0.717, 1.165) is 33.8 Å². The number of fused-ring (bicyclic) bond motifs is 1. The fraction of sp³-hybridized carbons (Fsp3) is 0.185. The number of anilines is 1. The minimum absolute atomic E-state index is 0.291. The third-order valence-corrected chi connectivity index (χ3v) is 5.32. The maximum absolute atomic E-state index is 12.7. The number of carbonyl (C=O) groups excluding carboxylic acids is 1. The SMILES string of the molecule is COc1ccc(/C=C/C(=O)NC(=NCCc2c[nH]c3ccccc23)Nc2nc(C)cc(C)n2)cc1. The Hall–Kier alpha value is -4.46. The molecule has 0 saturated carbocycles. The highest BCUT2D eigenvalue weighted by atomic mass is 16.5. The maximum atomic E-state index is 12.7. The van der Waals surface area contributed by atoms with Crippen LogP contribution in [0.3, 0.4) is 0 Å². The van der Waals surface area contributed by atoms with Gasteiger partial charge < -0.3 is 9.72 Å². The van der Waals surface area contributed by atoms with Crippen molar-refractivity contribution < 1.29 is 9.53 Å². The van der Waals surface area contributed by atoms with Crippen molar-refractivity contribution in [2.24, 2.45) is 4.99 Å². The maximum Gasteiger partial charge on any atom is 0.250 e. The van der Waals surface area contributed by atoms with Gasteiger partial charge in [-0.1, -0.05) is 30.3 Å². The Balaban J connectivity index is 1.48. The minimum Gasteiger partial charge on any atom is -0.497 e. The molecule has 8 heteroatoms. The topological polar surface area (TPSA) is 104 Å². The van der Waals surface area contributed by atoms with Gasteiger partial charge in [-0.2, -0.15) is 0 Å². The van der Waals surface area contributed by atoms with Gasteiger partial charge in [0.1, 0.15) is 5.75 Å². The summed E-state index contributed by atoms with van der Waals surface area (Å²) in [6.45, 7) is 4.26. The van der Waals surface area contributed by atoms with Crippen LogP contribution in [0.1, 0.15) is 22.5 Å². The Morgan fingerprint density at radius 3 is 2.57 bits per heavy atom. The van der Waals surface area contributed by atoms with Crippen molar-refractivity contribution in [2.75, 3.05) is 19.0 Å². The van der Waals surface area contributed by atoms with Crippen molar-refractivity contribution in [2.45, 2.75) is 20.3 Å². The summed E-state index contributed by atoms with van der Waals surface area (Å²) >= 11 is 0. The van der Waals surface area contributed by atoms with Gasteiger partial charge in [0.25, 0.3) is 5.91 Å². The highest BCUT2D eigenvalue weighted by Gasteiger charge is 2.08. The first kappa shape index (κ1) is 23.7. The van der Waals surface area contributed by atoms with Crippen LogP contribution in [0.25, 0.3) is 17.0 Å². The van der Waals surface area contributed by atoms with E-state index < -0.39 is 0 Å². The van der Waals surface area contributed by atoms with Gasteiger partial charge in [-0.05, 0) is 61.7 Å². The van der Waals surface area contributed by atoms with Crippen LogP contribution in [0.4, 0.5) is 5.95 Å². The molecule has 0 bridgehead atoms. The van der Waals surface area contributed by atoms with Crippen LogP contribution in [0.5, 0.6) is 5.75 Å². The van der Waals surface area contributed by atoms with E-state index >= 15 is 0 Å². The number of amides is 1. The van der Waals surface area contributed by atoms with Crippen molar-refractivity contribution >= 4 is 34.8 Å². The number of nitrogens with one attached hydrogen (secondary N) is 3. The number of aromatic nitrogens is 3. The standard InChI is InChI=1S/C27H28N6O2/c1-18-16-19(2)31-27(30-18)33-26(28-15-14-21-17-29-24-7-5-4-6-23(21)24)32-25(34)13-10-20-8-11-22(35-3)12-9-20/h4-13,16-17,29H,14-15H2,1-3H3,(H2,28,30,31,32,33,34)/b13-10+. The minimum atomic E-state index is -0.316. The first-order valence-electron chi connectivity index (χ1n) is 11.3. The molecule has 0 fully saturated rings. The summed E-state index contributed by atoms with van der Waals surface area (Å²) in [6, 6.07) is 17.5. The third kappa shape index (κ3) is 6.54. The van der Waals surface area contributed by atoms with Crippen molar-refractivity contribution in [3.05, 3.63) is 89.4 Å². The number of aliphatic imine (C=N–C) groups is 1. The lowest BCUT2D eigenvalue weighted by Crippen LogP contribution is -2.35. The molecular formula is C27H28N6O2. The second kappa shape index (κ2) is 11.1. The fourth-order valence-corrected chi connectivity index (χ4v) is 3.67. The average Bonchev–Trinajstić information content (AvgIpc) is 3.25. The summed E-state index contributed by atoms with van der Waals surface area (Å²) in [7, 11) is 1.62. The first-order valence-corrected chi connectivity index (χ1v) is 11.3. The normalized spacial score (nSPS) is 11.7. The smallest absolute Gasteiger partial charge is 0.250 e. The quantitative estimate of drug-likeness (QED) is 0.212. The summed E-state index contributed by atoms with van der Waals surface area (Å²) < 4.78 is 5.17. The molecule has 0 atom stereocenters. The Kier molecular flexibility index (Phi) is 7.52. The van der Waals surface area contributed by atoms with Crippen LogP contribution in [0, 0.1) is 13.8 Å². The zero-order chi connectivity index (χ0) is 24.6. The summed E-state index contributed by atoms with van der Waals surface area (Å²) in [5.74, 6) is 1.12. The number of nitrogens with zero attached hydrogens (tertiary/aromatic N) is 3. The molecule has 4 aromatic rings. The molecule has 0 radical (unpaired) electrons. The molecule has 0 aliphatic heterocycles. The van der Waals surface area contributed by atoms with Crippen LogP contribution >= 0.6 is 0 Å². The average molecular weight is 469 g/mol. The number of carbonyl (C=O) groups is 1. The Bertz CT molecular complexity index is 1350. The van der Waals surface area contributed by atoms with Crippen molar-refractivity contribution in [1.29, 1.82) is 0 Å². The van der Waals surface area contributed by atoms with Gasteiger partial charge in [0.15, 0.2) is 0 Å². The van der Waals surface area contributed by atoms with Gasteiger partial charge in [0, 0.05) is 41.1 Å². The van der Waals surface area contributed by atoms with E-state index in [9.17, 15) is 4.79 Å². The van der Waals surface area contributed by atoms with Crippen molar-refractivity contribution in [1.82, 2.24) is 20.3 Å². The number of aromatic amines is 1. The van der Waals surface area contributed by atoms with Gasteiger partial charge >= 0.3 is 0 Å². The number of hydrogen-bond acceptors (Lipinski definition) is 5. The van der Waals surface area contributed by atoms with Crippen LogP contribution in [-0.2, 0) is 11.2 Å². The highest BCUT2D eigenvalue weighted by molar-refractivity contribution is 6.08. The van der Waals surface area contributed by atoms with E-state index in [2.05, 4.69) is 36.6 Å². The fourth-order valence-electron chi connectivity index (χ4n) is 3.67. The molecule has 0 aliphatic rings. The zero-order valence-electron chi connectivity index (χ0n) is 20.0. The number of H-pyrrole nitrogens is 1. The van der Waals surface area contributed by atoms with Gasteiger partial charge in [0.05, 0.1) is 7.11 Å². The molecule has 0 unspecified atom stereocenters. The van der Waals surface area contributed by atoms with E-state index in [-0.39, 0.29) is 5.91 Å². The van der Waals surface area contributed by atoms with Crippen molar-refractivity contribution in [3.8, 4) is 5.75 Å². The Morgan fingerprint density at radius 1 is 1.09 bits per heavy atom. The number of para-hydroxylation sites is 1. The lowest BCUT2D eigenvalue weighted by molar-refractivity contribution is -0.115. The van der Waals surface area contributed by atoms with E-state index in [4.69, 9.17) is 4.74 Å². The number of guanidine groups is 1. The largest absolute Gasteiger partial charge is 0.497 e. The molecule has 2 aromatic heterocycles. The van der Waals surface area contributed by atoms with Crippen LogP contribution in [-0.4, -0.2) is 40.5 Å². The van der Waals surface area contributed by atoms with Gasteiger partial charge in [-0.3, -0.25) is 20.4 Å². The van der Waals surface area contributed by atoms with Gasteiger partial charge in [-0.15, -0.1) is 0 Å². The number of aryl methyl sites for hydroxylation is 2. The van der Waals surface area contributed by atoms with E-state index in [0.29, 0.717) is 24.9 Å². The molecule has 0 saturated heterocycles. The monoisotopic (exact) mass is 468 g/mol. The molecule has 8 nitrogen and oxygen atoms in total. The van der Waals surface area contributed by atoms with Crippen LogP contribution < -0.4 is 15.4 Å². The predicted molar refractivity (Wildman–Crippen MR) is 140 cm³/mol. The first-order chi connectivity index (χ1) is 17.0. The number of rotatable bonds is 7. The molecule has 35 heavy (non-hydrogen) atoms. The highest BCUT2D eigenvalue weighted by Crippen LogP contribution is 2.18. The van der Waals surface area contributed by atoms with Crippen molar-refractivity contribution in [3.63, 3.8) is 0 Å². The molecule has 1 amide bonds. The predicted octanol–water partition coefficient (Wildman–Crippen LogP) is 4.42. The molecule has 178 valence electrons. The summed E-state index contributed by atoms with van der Waals surface area (Å²) in [5, 5.41) is 7.04. The lowest BCUT2D eigenvalue weighted by Gasteiger charge is -2.10. The number of methoxy groups -OCH3 is 1. The van der Waals surface area contributed by atoms with E-state index in [1.54, 1.807) is 13.2 Å². The van der Waals surface area contributed by atoms with Gasteiger partial charge in [0.2, 0.25) is 11.9 Å². The molecular weight excluding hydrogens is 440 g/mol. The Morgan fingerprint density at radius 2 is 1.83 bits per heavy atom. The second-order valence-electron chi connectivity index (χ2n) is 8.03. The van der Waals surface area contributed by atoms with Gasteiger partial charge in [-0.25, -0.2) is 9.97 Å². The molecule has 3 N–H and O–H groups in total. The third-order valence-electron chi connectivity index (χ3n) is 5.32. The lowest BCUT2D eigenvalue weighted by atomic mass is 10.1. The molecule has 0 spiro atoms. The molecule has 2 heterocycles. The number of hydrogen-bond donors (Lipinski definition) is 3. The van der Waals surface area contributed by atoms with Crippen LogP contribution in [0.15, 0.2) is 71.9 Å². The Labute approximate surface area is 204 Å². The molecule has 2 aromatic carbocycles.